The van der Waals surface area contributed by atoms with Crippen LogP contribution < -0.4 is 15.4 Å². The summed E-state index contributed by atoms with van der Waals surface area (Å²) >= 11 is 0. The van der Waals surface area contributed by atoms with Crippen molar-refractivity contribution >= 4 is 17.8 Å². The van der Waals surface area contributed by atoms with Crippen LogP contribution in [0.5, 0.6) is 5.75 Å². The first-order valence-electron chi connectivity index (χ1n) is 11.4. The largest absolute Gasteiger partial charge is 0.497 e. The molecule has 3 atom stereocenters. The number of nitrogens with one attached hydrogen (secondary N) is 2. The van der Waals surface area contributed by atoms with Gasteiger partial charge in [-0.3, -0.25) is 14.4 Å². The fraction of sp³-hybridized carbons (Fsp3) is 0.423. The van der Waals surface area contributed by atoms with E-state index in [2.05, 4.69) is 10.6 Å². The van der Waals surface area contributed by atoms with Crippen molar-refractivity contribution in [1.29, 1.82) is 0 Å². The average Bonchev–Trinajstić information content (AvgIpc) is 2.81. The first kappa shape index (κ1) is 26.9. The van der Waals surface area contributed by atoms with Gasteiger partial charge in [0.05, 0.1) is 25.7 Å². The number of amides is 2. The lowest BCUT2D eigenvalue weighted by atomic mass is 9.96. The molecule has 0 spiro atoms. The lowest BCUT2D eigenvalue weighted by Gasteiger charge is -2.28. The molecule has 2 rings (SSSR count). The minimum atomic E-state index is -1.06. The Morgan fingerprint density at radius 3 is 2.26 bits per heavy atom. The van der Waals surface area contributed by atoms with Crippen molar-refractivity contribution in [2.75, 3.05) is 7.11 Å². The monoisotopic (exact) mass is 470 g/mol. The van der Waals surface area contributed by atoms with Gasteiger partial charge in [-0.1, -0.05) is 56.3 Å². The number of aliphatic carboxylic acids is 1. The van der Waals surface area contributed by atoms with Gasteiger partial charge in [0.2, 0.25) is 11.8 Å². The number of hydrogen-bond acceptors (Lipinski definition) is 5. The number of rotatable bonds is 13. The number of carbonyl (C=O) groups excluding carboxylic acids is 2. The molecule has 0 saturated heterocycles. The van der Waals surface area contributed by atoms with Gasteiger partial charge in [-0.25, -0.2) is 0 Å². The van der Waals surface area contributed by atoms with Crippen molar-refractivity contribution in [3.63, 3.8) is 0 Å². The van der Waals surface area contributed by atoms with Crippen LogP contribution in [0.15, 0.2) is 54.6 Å². The molecular formula is C26H34N2O6. The van der Waals surface area contributed by atoms with Crippen molar-refractivity contribution in [1.82, 2.24) is 10.6 Å². The lowest BCUT2D eigenvalue weighted by Crippen LogP contribution is -2.55. The van der Waals surface area contributed by atoms with Crippen LogP contribution in [-0.4, -0.2) is 53.3 Å². The van der Waals surface area contributed by atoms with Crippen LogP contribution in [-0.2, 0) is 27.2 Å². The van der Waals surface area contributed by atoms with Gasteiger partial charge in [-0.05, 0) is 42.0 Å². The normalized spacial score (nSPS) is 13.6. The maximum atomic E-state index is 13.1. The third-order valence-electron chi connectivity index (χ3n) is 5.51. The summed E-state index contributed by atoms with van der Waals surface area (Å²) in [5, 5.41) is 25.2. The Labute approximate surface area is 200 Å². The summed E-state index contributed by atoms with van der Waals surface area (Å²) in [6.07, 6.45) is -0.853. The molecule has 4 N–H and O–H groups in total. The fourth-order valence-electron chi connectivity index (χ4n) is 3.62. The molecule has 184 valence electrons. The maximum Gasteiger partial charge on any atom is 0.303 e. The van der Waals surface area contributed by atoms with E-state index >= 15 is 0 Å². The second kappa shape index (κ2) is 13.3. The van der Waals surface area contributed by atoms with E-state index < -0.39 is 30.1 Å². The molecule has 0 saturated carbocycles. The third-order valence-corrected chi connectivity index (χ3v) is 5.51. The molecule has 0 aliphatic heterocycles. The Balaban J connectivity index is 2.09. The highest BCUT2D eigenvalue weighted by atomic mass is 16.5. The van der Waals surface area contributed by atoms with Crippen molar-refractivity contribution in [3.8, 4) is 5.75 Å². The molecule has 2 aromatic rings. The molecule has 0 aliphatic rings. The molecule has 3 unspecified atom stereocenters. The molecule has 34 heavy (non-hydrogen) atoms. The van der Waals surface area contributed by atoms with E-state index in [0.29, 0.717) is 12.2 Å². The Morgan fingerprint density at radius 2 is 1.65 bits per heavy atom. The number of aliphatic hydroxyl groups excluding tert-OH is 1. The first-order valence-corrected chi connectivity index (χ1v) is 11.4. The summed E-state index contributed by atoms with van der Waals surface area (Å²) in [5.74, 6) is -1.32. The Morgan fingerprint density at radius 1 is 0.971 bits per heavy atom. The van der Waals surface area contributed by atoms with Crippen LogP contribution in [0.1, 0.15) is 37.8 Å². The van der Waals surface area contributed by atoms with E-state index in [1.165, 1.54) is 0 Å². The molecule has 0 aromatic heterocycles. The number of benzene rings is 2. The topological polar surface area (TPSA) is 125 Å². The quantitative estimate of drug-likeness (QED) is 0.356. The van der Waals surface area contributed by atoms with Crippen molar-refractivity contribution < 1.29 is 29.3 Å². The molecule has 0 aliphatic carbocycles. The molecule has 0 heterocycles. The lowest BCUT2D eigenvalue weighted by molar-refractivity contribution is -0.137. The summed E-state index contributed by atoms with van der Waals surface area (Å²) in [4.78, 5) is 36.8. The summed E-state index contributed by atoms with van der Waals surface area (Å²) in [6, 6.07) is 15.0. The zero-order valence-corrected chi connectivity index (χ0v) is 19.9. The second-order valence-corrected chi connectivity index (χ2v) is 8.62. The summed E-state index contributed by atoms with van der Waals surface area (Å²) < 4.78 is 5.19. The van der Waals surface area contributed by atoms with Crippen LogP contribution in [0.3, 0.4) is 0 Å². The van der Waals surface area contributed by atoms with Gasteiger partial charge in [0.1, 0.15) is 11.8 Å². The van der Waals surface area contributed by atoms with E-state index in [4.69, 9.17) is 9.84 Å². The number of carbonyl (C=O) groups is 3. The molecule has 0 bridgehead atoms. The minimum Gasteiger partial charge on any atom is -0.497 e. The second-order valence-electron chi connectivity index (χ2n) is 8.62. The first-order chi connectivity index (χ1) is 16.2. The Bertz CT molecular complexity index is 947. The van der Waals surface area contributed by atoms with E-state index in [0.717, 1.165) is 11.1 Å². The van der Waals surface area contributed by atoms with Crippen LogP contribution in [0.4, 0.5) is 0 Å². The molecular weight excluding hydrogens is 436 g/mol. The van der Waals surface area contributed by atoms with Crippen LogP contribution in [0.25, 0.3) is 0 Å². The third kappa shape index (κ3) is 8.86. The van der Waals surface area contributed by atoms with Gasteiger partial charge in [0.15, 0.2) is 0 Å². The highest BCUT2D eigenvalue weighted by molar-refractivity contribution is 5.88. The standard InChI is InChI=1S/C26H34N2O6/c1-17(2)25(28-23(30)16-19-10-7-11-20(14-19)34-3)26(33)27-21(22(29)12-13-24(31)32)15-18-8-5-4-6-9-18/h4-11,14,17,21-22,25,29H,12-13,15-16H2,1-3H3,(H,27,33)(H,28,30)(H,31,32). The zero-order chi connectivity index (χ0) is 25.1. The molecule has 0 fully saturated rings. The number of carboxylic acid groups (broad SMARTS) is 1. The van der Waals surface area contributed by atoms with Gasteiger partial charge >= 0.3 is 5.97 Å². The SMILES string of the molecule is COc1cccc(CC(=O)NC(C(=O)NC(Cc2ccccc2)C(O)CCC(=O)O)C(C)C)c1. The van der Waals surface area contributed by atoms with E-state index in [1.807, 2.05) is 44.2 Å². The van der Waals surface area contributed by atoms with E-state index in [9.17, 15) is 19.5 Å². The molecule has 2 aromatic carbocycles. The fourth-order valence-corrected chi connectivity index (χ4v) is 3.62. The van der Waals surface area contributed by atoms with Crippen molar-refractivity contribution in [3.05, 3.63) is 65.7 Å². The average molecular weight is 471 g/mol. The van der Waals surface area contributed by atoms with Gasteiger partial charge < -0.3 is 25.6 Å². The number of methoxy groups -OCH3 is 1. The van der Waals surface area contributed by atoms with Crippen LogP contribution in [0, 0.1) is 5.92 Å². The van der Waals surface area contributed by atoms with Crippen LogP contribution >= 0.6 is 0 Å². The highest BCUT2D eigenvalue weighted by Crippen LogP contribution is 2.14. The van der Waals surface area contributed by atoms with Crippen LogP contribution in [0.2, 0.25) is 0 Å². The van der Waals surface area contributed by atoms with Crippen molar-refractivity contribution in [2.45, 2.75) is 57.7 Å². The highest BCUT2D eigenvalue weighted by Gasteiger charge is 2.29. The summed E-state index contributed by atoms with van der Waals surface area (Å²) in [6.45, 7) is 3.65. The summed E-state index contributed by atoms with van der Waals surface area (Å²) in [5.41, 5.74) is 1.65. The molecule has 2 amide bonds. The molecule has 8 heteroatoms. The van der Waals surface area contributed by atoms with Crippen molar-refractivity contribution in [2.24, 2.45) is 5.92 Å². The van der Waals surface area contributed by atoms with Gasteiger partial charge in [-0.2, -0.15) is 0 Å². The maximum absolute atomic E-state index is 13.1. The Hall–Kier alpha value is -3.39. The Kier molecular flexibility index (Phi) is 10.5. The predicted molar refractivity (Wildman–Crippen MR) is 128 cm³/mol. The minimum absolute atomic E-state index is 0.00164. The van der Waals surface area contributed by atoms with Gasteiger partial charge in [0.25, 0.3) is 0 Å². The smallest absolute Gasteiger partial charge is 0.303 e. The number of ether oxygens (including phenoxy) is 1. The predicted octanol–water partition coefficient (Wildman–Crippen LogP) is 2.33. The molecule has 0 radical (unpaired) electrons. The van der Waals surface area contributed by atoms with E-state index in [1.54, 1.807) is 31.4 Å². The van der Waals surface area contributed by atoms with E-state index in [-0.39, 0.29) is 31.1 Å². The van der Waals surface area contributed by atoms with Gasteiger partial charge in [0, 0.05) is 6.42 Å². The number of carboxylic acids is 1. The van der Waals surface area contributed by atoms with Gasteiger partial charge in [-0.15, -0.1) is 0 Å². The number of hydrogen-bond donors (Lipinski definition) is 4. The molecule has 8 nitrogen and oxygen atoms in total. The number of aliphatic hydroxyl groups is 1. The summed E-state index contributed by atoms with van der Waals surface area (Å²) in [7, 11) is 1.55. The zero-order valence-electron chi connectivity index (χ0n) is 19.9.